The van der Waals surface area contributed by atoms with E-state index in [1.165, 1.54) is 18.4 Å². The van der Waals surface area contributed by atoms with Crippen molar-refractivity contribution in [2.24, 2.45) is 17.8 Å². The average Bonchev–Trinajstić information content (AvgIpc) is 3.17. The largest absolute Gasteiger partial charge is 0.338 e. The Labute approximate surface area is 150 Å². The number of amides is 2. The quantitative estimate of drug-likeness (QED) is 0.899. The van der Waals surface area contributed by atoms with Gasteiger partial charge in [0.2, 0.25) is 0 Å². The van der Waals surface area contributed by atoms with E-state index in [1.807, 2.05) is 0 Å². The van der Waals surface area contributed by atoms with Gasteiger partial charge in [-0.2, -0.15) is 0 Å². The van der Waals surface area contributed by atoms with E-state index in [0.29, 0.717) is 23.8 Å². The van der Waals surface area contributed by atoms with Crippen LogP contribution < -0.4 is 5.32 Å². The van der Waals surface area contributed by atoms with E-state index in [-0.39, 0.29) is 6.03 Å². The van der Waals surface area contributed by atoms with Gasteiger partial charge in [0.15, 0.2) is 0 Å². The number of fused-ring (bicyclic) bond motifs is 4. The lowest BCUT2D eigenvalue weighted by atomic mass is 9.84. The average molecular weight is 339 g/mol. The Hall–Kier alpha value is -1.55. The number of carbonyl (C=O) groups is 1. The van der Waals surface area contributed by atoms with Gasteiger partial charge in [-0.1, -0.05) is 24.3 Å². The van der Waals surface area contributed by atoms with Gasteiger partial charge in [0.1, 0.15) is 0 Å². The third-order valence-electron chi connectivity index (χ3n) is 7.22. The molecule has 1 aromatic rings. The minimum Gasteiger partial charge on any atom is -0.338 e. The van der Waals surface area contributed by atoms with Crippen molar-refractivity contribution in [3.05, 3.63) is 35.4 Å². The zero-order chi connectivity index (χ0) is 17.0. The van der Waals surface area contributed by atoms with Gasteiger partial charge >= 0.3 is 6.03 Å². The molecule has 0 radical (unpaired) electrons. The minimum absolute atomic E-state index is 0.192. The molecule has 5 atom stereocenters. The second-order valence-corrected chi connectivity index (χ2v) is 8.66. The lowest BCUT2D eigenvalue weighted by Gasteiger charge is -2.46. The van der Waals surface area contributed by atoms with Gasteiger partial charge in [-0.3, -0.25) is 0 Å². The Morgan fingerprint density at radius 2 is 2.12 bits per heavy atom. The lowest BCUT2D eigenvalue weighted by molar-refractivity contribution is 0.0533. The zero-order valence-corrected chi connectivity index (χ0v) is 15.2. The number of hydrogen-bond donors (Lipinski definition) is 1. The van der Waals surface area contributed by atoms with Crippen LogP contribution in [0.1, 0.15) is 36.3 Å². The molecule has 4 aliphatic rings. The van der Waals surface area contributed by atoms with Gasteiger partial charge in [-0.15, -0.1) is 0 Å². The van der Waals surface area contributed by atoms with E-state index in [1.54, 1.807) is 5.56 Å². The predicted octanol–water partition coefficient (Wildman–Crippen LogP) is 2.70. The van der Waals surface area contributed by atoms with E-state index in [9.17, 15) is 4.79 Å². The van der Waals surface area contributed by atoms with Crippen molar-refractivity contribution < 1.29 is 4.79 Å². The van der Waals surface area contributed by atoms with E-state index in [4.69, 9.17) is 0 Å². The molecule has 134 valence electrons. The molecule has 1 saturated carbocycles. The summed E-state index contributed by atoms with van der Waals surface area (Å²) in [5.41, 5.74) is 3.07. The summed E-state index contributed by atoms with van der Waals surface area (Å²) in [7, 11) is 2.21. The molecule has 2 aliphatic carbocycles. The topological polar surface area (TPSA) is 35.6 Å². The molecular weight excluding hydrogens is 310 g/mol. The molecule has 25 heavy (non-hydrogen) atoms. The predicted molar refractivity (Wildman–Crippen MR) is 98.6 cm³/mol. The van der Waals surface area contributed by atoms with Gasteiger partial charge in [0, 0.05) is 25.7 Å². The molecular formula is C21H29N3O. The Bertz CT molecular complexity index is 675. The second-order valence-electron chi connectivity index (χ2n) is 8.66. The summed E-state index contributed by atoms with van der Waals surface area (Å²) < 4.78 is 0. The number of likely N-dealkylation sites (tertiary alicyclic amines) is 2. The maximum absolute atomic E-state index is 12.8. The molecule has 2 saturated heterocycles. The molecule has 4 heteroatoms. The molecule has 2 amide bonds. The Kier molecular flexibility index (Phi) is 3.77. The minimum atomic E-state index is 0.192. The number of benzene rings is 1. The number of hydrogen-bond acceptors (Lipinski definition) is 2. The van der Waals surface area contributed by atoms with Crippen LogP contribution >= 0.6 is 0 Å². The number of carbonyl (C=O) groups excluding carboxylic acids is 1. The second kappa shape index (κ2) is 6.01. The third-order valence-corrected chi connectivity index (χ3v) is 7.22. The third kappa shape index (κ3) is 2.66. The standard InChI is InChI=1S/C21H29N3O/c1-23-10-8-19-15(13-23)6-4-9-24(19)21(25)22-12-18-17-11-14-5-2-3-7-16(14)20(17)18/h2-3,5,7,15,17-20H,4,6,8-13H2,1H3,(H,22,25)/t15-,17-,18-,19-,20+/m1/s1. The molecule has 0 aromatic heterocycles. The summed E-state index contributed by atoms with van der Waals surface area (Å²) in [5.74, 6) is 2.81. The number of nitrogens with one attached hydrogen (secondary N) is 1. The molecule has 1 N–H and O–H groups in total. The van der Waals surface area contributed by atoms with Crippen molar-refractivity contribution in [1.82, 2.24) is 15.1 Å². The maximum Gasteiger partial charge on any atom is 0.317 e. The van der Waals surface area contributed by atoms with Crippen molar-refractivity contribution >= 4 is 6.03 Å². The van der Waals surface area contributed by atoms with Crippen molar-refractivity contribution in [1.29, 1.82) is 0 Å². The molecule has 0 bridgehead atoms. The number of piperidine rings is 2. The van der Waals surface area contributed by atoms with Crippen molar-refractivity contribution in [3.63, 3.8) is 0 Å². The first-order chi connectivity index (χ1) is 12.2. The summed E-state index contributed by atoms with van der Waals surface area (Å²) in [6.45, 7) is 4.07. The number of rotatable bonds is 2. The van der Waals surface area contributed by atoms with Gasteiger partial charge < -0.3 is 15.1 Å². The van der Waals surface area contributed by atoms with Gasteiger partial charge in [-0.05, 0) is 74.1 Å². The van der Waals surface area contributed by atoms with Gasteiger partial charge in [-0.25, -0.2) is 4.79 Å². The first kappa shape index (κ1) is 15.7. The summed E-state index contributed by atoms with van der Waals surface area (Å²) >= 11 is 0. The fraction of sp³-hybridized carbons (Fsp3) is 0.667. The fourth-order valence-corrected chi connectivity index (χ4v) is 5.91. The van der Waals surface area contributed by atoms with Crippen molar-refractivity contribution in [3.8, 4) is 0 Å². The smallest absolute Gasteiger partial charge is 0.317 e. The van der Waals surface area contributed by atoms with Crippen LogP contribution in [0.25, 0.3) is 0 Å². The summed E-state index contributed by atoms with van der Waals surface area (Å²) in [6.07, 6.45) is 4.78. The summed E-state index contributed by atoms with van der Waals surface area (Å²) in [4.78, 5) is 17.4. The van der Waals surface area contributed by atoms with Crippen LogP contribution in [-0.4, -0.2) is 55.1 Å². The molecule has 0 unspecified atom stereocenters. The van der Waals surface area contributed by atoms with E-state index < -0.39 is 0 Å². The highest BCUT2D eigenvalue weighted by atomic mass is 16.2. The molecule has 4 nitrogen and oxygen atoms in total. The van der Waals surface area contributed by atoms with Crippen LogP contribution in [0.3, 0.4) is 0 Å². The van der Waals surface area contributed by atoms with Crippen molar-refractivity contribution in [2.75, 3.05) is 33.2 Å². The lowest BCUT2D eigenvalue weighted by Crippen LogP contribution is -2.57. The zero-order valence-electron chi connectivity index (χ0n) is 15.2. The Morgan fingerprint density at radius 3 is 3.04 bits per heavy atom. The van der Waals surface area contributed by atoms with Gasteiger partial charge in [0.05, 0.1) is 0 Å². The van der Waals surface area contributed by atoms with Gasteiger partial charge in [0.25, 0.3) is 0 Å². The van der Waals surface area contributed by atoms with Crippen LogP contribution in [0.2, 0.25) is 0 Å². The number of urea groups is 1. The molecule has 3 fully saturated rings. The van der Waals surface area contributed by atoms with Crippen LogP contribution in [0.5, 0.6) is 0 Å². The molecule has 2 aliphatic heterocycles. The highest BCUT2D eigenvalue weighted by Gasteiger charge is 2.55. The van der Waals surface area contributed by atoms with Crippen molar-refractivity contribution in [2.45, 2.75) is 37.6 Å². The summed E-state index contributed by atoms with van der Waals surface area (Å²) in [5, 5.41) is 3.29. The summed E-state index contributed by atoms with van der Waals surface area (Å²) in [6, 6.07) is 9.51. The SMILES string of the molecule is CN1CC[C@@H]2[C@H](CCCN2C(=O)NC[C@@H]2[C@H]3Cc4ccccc4[C@H]23)C1. The van der Waals surface area contributed by atoms with Crippen LogP contribution in [0.15, 0.2) is 24.3 Å². The first-order valence-corrected chi connectivity index (χ1v) is 10.0. The van der Waals surface area contributed by atoms with E-state index in [0.717, 1.165) is 44.9 Å². The molecule has 1 aromatic carbocycles. The molecule has 2 heterocycles. The normalized spacial score (nSPS) is 36.4. The highest BCUT2D eigenvalue weighted by molar-refractivity contribution is 5.75. The monoisotopic (exact) mass is 339 g/mol. The van der Waals surface area contributed by atoms with E-state index >= 15 is 0 Å². The first-order valence-electron chi connectivity index (χ1n) is 10.0. The highest BCUT2D eigenvalue weighted by Crippen LogP contribution is 2.60. The fourth-order valence-electron chi connectivity index (χ4n) is 5.91. The maximum atomic E-state index is 12.8. The Morgan fingerprint density at radius 1 is 1.24 bits per heavy atom. The Balaban J connectivity index is 1.18. The number of nitrogens with zero attached hydrogens (tertiary/aromatic N) is 2. The van der Waals surface area contributed by atoms with E-state index in [2.05, 4.69) is 46.4 Å². The molecule has 0 spiro atoms. The molecule has 5 rings (SSSR count). The van der Waals surface area contributed by atoms with Crippen LogP contribution in [0.4, 0.5) is 4.79 Å². The van der Waals surface area contributed by atoms with Crippen LogP contribution in [0, 0.1) is 17.8 Å². The van der Waals surface area contributed by atoms with Crippen LogP contribution in [-0.2, 0) is 6.42 Å².